The second kappa shape index (κ2) is 8.05. The summed E-state index contributed by atoms with van der Waals surface area (Å²) in [7, 11) is 0. The lowest BCUT2D eigenvalue weighted by molar-refractivity contribution is -0.146. The molecule has 4 aliphatic carbocycles. The van der Waals surface area contributed by atoms with Gasteiger partial charge in [0.25, 0.3) is 0 Å². The van der Waals surface area contributed by atoms with Crippen molar-refractivity contribution < 1.29 is 4.79 Å². The molecule has 2 nitrogen and oxygen atoms in total. The fourth-order valence-electron chi connectivity index (χ4n) is 9.56. The molecule has 0 aromatic heterocycles. The van der Waals surface area contributed by atoms with Crippen LogP contribution in [-0.4, -0.2) is 18.4 Å². The molecule has 4 saturated carbocycles. The topological polar surface area (TPSA) is 29.1 Å². The molecule has 1 aliphatic heterocycles. The van der Waals surface area contributed by atoms with Crippen LogP contribution in [0.15, 0.2) is 12.2 Å². The molecule has 0 bridgehead atoms. The maximum Gasteiger partial charge on any atom is 0.126 e. The van der Waals surface area contributed by atoms with Crippen LogP contribution in [0.1, 0.15) is 98.8 Å². The highest BCUT2D eigenvalue weighted by Gasteiger charge is 2.61. The zero-order chi connectivity index (χ0) is 21.7. The van der Waals surface area contributed by atoms with Gasteiger partial charge in [0.2, 0.25) is 0 Å². The van der Waals surface area contributed by atoms with Crippen LogP contribution in [0.3, 0.4) is 0 Å². The number of allylic oxidation sites excluding steroid dienone is 1. The van der Waals surface area contributed by atoms with Crippen LogP contribution in [0.25, 0.3) is 0 Å². The summed E-state index contributed by atoms with van der Waals surface area (Å²) in [5.74, 6) is 5.26. The second-order valence-electron chi connectivity index (χ2n) is 12.8. The van der Waals surface area contributed by atoms with Crippen molar-refractivity contribution in [3.05, 3.63) is 12.2 Å². The Balaban J connectivity index is 0.000000503. The molecular weight excluding hydrogens is 366 g/mol. The first-order valence-electron chi connectivity index (χ1n) is 13.0. The van der Waals surface area contributed by atoms with Crippen molar-refractivity contribution in [2.45, 2.75) is 104 Å². The molecule has 5 rings (SSSR count). The minimum atomic E-state index is 0.0891. The molecule has 1 saturated heterocycles. The van der Waals surface area contributed by atoms with Gasteiger partial charge in [0, 0.05) is 11.0 Å². The Morgan fingerprint density at radius 1 is 0.867 bits per heavy atom. The third-order valence-electron chi connectivity index (χ3n) is 10.6. The minimum absolute atomic E-state index is 0.0891. The van der Waals surface area contributed by atoms with Gasteiger partial charge >= 0.3 is 0 Å². The molecule has 0 spiro atoms. The van der Waals surface area contributed by atoms with Crippen molar-refractivity contribution in [2.24, 2.45) is 46.3 Å². The number of rotatable bonds is 1. The number of carbonyl (C=O) groups excluding carboxylic acids is 1. The van der Waals surface area contributed by atoms with Gasteiger partial charge in [0.05, 0.1) is 0 Å². The van der Waals surface area contributed by atoms with E-state index in [1.165, 1.54) is 82.6 Å². The van der Waals surface area contributed by atoms with Crippen LogP contribution in [0.4, 0.5) is 0 Å². The Bertz CT molecular complexity index is 664. The maximum absolute atomic E-state index is 12.0. The first-order chi connectivity index (χ1) is 14.1. The van der Waals surface area contributed by atoms with Crippen molar-refractivity contribution >= 4 is 6.29 Å². The number of carbonyl (C=O) groups is 1. The SMILES string of the molecule is C=C(C)C.CC1(C)NCCC2(C)C3CCC4C(CCC5(C=O)CCC[C@H]45)C3CCC12. The molecule has 0 amide bonds. The number of aldehydes is 1. The predicted octanol–water partition coefficient (Wildman–Crippen LogP) is 6.79. The van der Waals surface area contributed by atoms with Crippen LogP contribution < -0.4 is 5.32 Å². The highest BCUT2D eigenvalue weighted by atomic mass is 16.1. The summed E-state index contributed by atoms with van der Waals surface area (Å²) in [5.41, 5.74) is 2.10. The van der Waals surface area contributed by atoms with Gasteiger partial charge < -0.3 is 10.1 Å². The lowest BCUT2D eigenvalue weighted by atomic mass is 9.43. The molecule has 8 atom stereocenters. The smallest absolute Gasteiger partial charge is 0.126 e. The average molecular weight is 414 g/mol. The van der Waals surface area contributed by atoms with E-state index in [1.807, 2.05) is 13.8 Å². The van der Waals surface area contributed by atoms with Gasteiger partial charge in [-0.05, 0) is 133 Å². The Labute approximate surface area is 186 Å². The molecule has 1 heterocycles. The second-order valence-corrected chi connectivity index (χ2v) is 12.8. The van der Waals surface area contributed by atoms with Crippen molar-refractivity contribution in [1.82, 2.24) is 5.32 Å². The minimum Gasteiger partial charge on any atom is -0.311 e. The van der Waals surface area contributed by atoms with E-state index in [9.17, 15) is 4.79 Å². The van der Waals surface area contributed by atoms with Crippen LogP contribution in [-0.2, 0) is 4.79 Å². The van der Waals surface area contributed by atoms with Crippen molar-refractivity contribution in [1.29, 1.82) is 0 Å². The Morgan fingerprint density at radius 3 is 2.23 bits per heavy atom. The predicted molar refractivity (Wildman–Crippen MR) is 126 cm³/mol. The highest BCUT2D eigenvalue weighted by Crippen LogP contribution is 2.66. The molecular formula is C28H47NO. The molecule has 0 aromatic rings. The monoisotopic (exact) mass is 413 g/mol. The van der Waals surface area contributed by atoms with E-state index >= 15 is 0 Å². The Hall–Kier alpha value is -0.630. The lowest BCUT2D eigenvalue weighted by Gasteiger charge is -2.64. The largest absolute Gasteiger partial charge is 0.311 e. The molecule has 0 radical (unpaired) electrons. The van der Waals surface area contributed by atoms with E-state index in [4.69, 9.17) is 0 Å². The van der Waals surface area contributed by atoms with Crippen LogP contribution in [0.2, 0.25) is 0 Å². The Morgan fingerprint density at radius 2 is 1.53 bits per heavy atom. The van der Waals surface area contributed by atoms with Gasteiger partial charge in [0.15, 0.2) is 0 Å². The standard InChI is InChI=1S/C24H39NO.C4H8/c1-22(2)21-9-7-17-16-10-12-24(15-26)11-4-5-20(24)18(16)6-8-19(17)23(21,3)13-14-25-22;1-4(2)3/h15-21,25H,4-14H2,1-3H3;1H2,2-3H3/t16?,17?,18?,19?,20-,21?,23?,24?;/m1./s1. The first kappa shape index (κ1) is 22.6. The number of nitrogens with one attached hydrogen (secondary N) is 1. The third kappa shape index (κ3) is 3.54. The van der Waals surface area contributed by atoms with E-state index in [0.717, 1.165) is 35.5 Å². The summed E-state index contributed by atoms with van der Waals surface area (Å²) >= 11 is 0. The highest BCUT2D eigenvalue weighted by molar-refractivity contribution is 5.61. The van der Waals surface area contributed by atoms with E-state index in [0.29, 0.717) is 11.0 Å². The van der Waals surface area contributed by atoms with Crippen LogP contribution >= 0.6 is 0 Å². The third-order valence-corrected chi connectivity index (χ3v) is 10.6. The number of hydrogen-bond donors (Lipinski definition) is 1. The van der Waals surface area contributed by atoms with E-state index < -0.39 is 0 Å². The van der Waals surface area contributed by atoms with E-state index in [1.54, 1.807) is 0 Å². The summed E-state index contributed by atoms with van der Waals surface area (Å²) in [5, 5.41) is 3.84. The van der Waals surface area contributed by atoms with Gasteiger partial charge in [-0.3, -0.25) is 0 Å². The van der Waals surface area contributed by atoms with Crippen LogP contribution in [0.5, 0.6) is 0 Å². The van der Waals surface area contributed by atoms with Gasteiger partial charge in [-0.1, -0.05) is 18.9 Å². The summed E-state index contributed by atoms with van der Waals surface area (Å²) < 4.78 is 0. The zero-order valence-corrected chi connectivity index (χ0v) is 20.4. The van der Waals surface area contributed by atoms with Crippen molar-refractivity contribution in [2.75, 3.05) is 6.54 Å². The number of fused-ring (bicyclic) bond motifs is 7. The summed E-state index contributed by atoms with van der Waals surface area (Å²) in [6.07, 6.45) is 14.9. The molecule has 0 aromatic carbocycles. The summed E-state index contributed by atoms with van der Waals surface area (Å²) in [6.45, 7) is 16.3. The Kier molecular flexibility index (Phi) is 6.06. The molecule has 5 aliphatic rings. The van der Waals surface area contributed by atoms with Crippen molar-refractivity contribution in [3.63, 3.8) is 0 Å². The zero-order valence-electron chi connectivity index (χ0n) is 20.4. The van der Waals surface area contributed by atoms with Crippen molar-refractivity contribution in [3.8, 4) is 0 Å². The normalized spacial score (nSPS) is 48.7. The van der Waals surface area contributed by atoms with E-state index in [-0.39, 0.29) is 5.41 Å². The maximum atomic E-state index is 12.0. The van der Waals surface area contributed by atoms with Crippen LogP contribution in [0, 0.1) is 46.3 Å². The number of piperidine rings is 1. The summed E-state index contributed by atoms with van der Waals surface area (Å²) in [6, 6.07) is 0. The molecule has 7 unspecified atom stereocenters. The fraction of sp³-hybridized carbons (Fsp3) is 0.893. The summed E-state index contributed by atoms with van der Waals surface area (Å²) in [4.78, 5) is 12.0. The average Bonchev–Trinajstić information content (AvgIpc) is 3.11. The molecule has 30 heavy (non-hydrogen) atoms. The molecule has 5 fully saturated rings. The fourth-order valence-corrected chi connectivity index (χ4v) is 9.56. The van der Waals surface area contributed by atoms with Gasteiger partial charge in [-0.15, -0.1) is 6.58 Å². The number of hydrogen-bond acceptors (Lipinski definition) is 2. The van der Waals surface area contributed by atoms with E-state index in [2.05, 4.69) is 32.7 Å². The molecule has 170 valence electrons. The van der Waals surface area contributed by atoms with Gasteiger partial charge in [0.1, 0.15) is 6.29 Å². The van der Waals surface area contributed by atoms with Gasteiger partial charge in [-0.2, -0.15) is 0 Å². The van der Waals surface area contributed by atoms with Gasteiger partial charge in [-0.25, -0.2) is 0 Å². The lowest BCUT2D eigenvalue weighted by Crippen LogP contribution is -2.64. The molecule has 2 heteroatoms. The first-order valence-corrected chi connectivity index (χ1v) is 13.0. The molecule has 1 N–H and O–H groups in total. The quantitative estimate of drug-likeness (QED) is 0.378.